The number of benzene rings is 1. The van der Waals surface area contributed by atoms with E-state index in [-0.39, 0.29) is 5.82 Å². The van der Waals surface area contributed by atoms with Crippen LogP contribution in [0.3, 0.4) is 0 Å². The highest BCUT2D eigenvalue weighted by Gasteiger charge is 2.29. The average molecular weight is 249 g/mol. The standard InChI is InChI=1S/C16H24FN/c1-3-12(4-2)11-18-16-9-14(10-16)13-5-7-15(17)8-6-13/h5-8,12,14,16,18H,3-4,9-11H2,1-2H3. The molecule has 1 aromatic carbocycles. The van der Waals surface area contributed by atoms with E-state index in [1.54, 1.807) is 12.1 Å². The summed E-state index contributed by atoms with van der Waals surface area (Å²) in [5.74, 6) is 1.31. The molecule has 0 amide bonds. The quantitative estimate of drug-likeness (QED) is 0.800. The summed E-state index contributed by atoms with van der Waals surface area (Å²) < 4.78 is 12.8. The minimum Gasteiger partial charge on any atom is -0.314 e. The first-order chi connectivity index (χ1) is 8.72. The zero-order chi connectivity index (χ0) is 13.0. The molecule has 1 saturated carbocycles. The molecule has 0 atom stereocenters. The predicted molar refractivity (Wildman–Crippen MR) is 74.2 cm³/mol. The normalized spacial score (nSPS) is 23.1. The van der Waals surface area contributed by atoms with Gasteiger partial charge in [0, 0.05) is 6.04 Å². The molecule has 0 radical (unpaired) electrons. The molecule has 2 rings (SSSR count). The first-order valence-corrected chi connectivity index (χ1v) is 7.21. The first-order valence-electron chi connectivity index (χ1n) is 7.21. The molecule has 1 aromatic rings. The highest BCUT2D eigenvalue weighted by atomic mass is 19.1. The molecule has 100 valence electrons. The Morgan fingerprint density at radius 1 is 1.17 bits per heavy atom. The van der Waals surface area contributed by atoms with E-state index in [4.69, 9.17) is 0 Å². The highest BCUT2D eigenvalue weighted by Crippen LogP contribution is 2.36. The molecule has 18 heavy (non-hydrogen) atoms. The van der Waals surface area contributed by atoms with Gasteiger partial charge in [0.15, 0.2) is 0 Å². The summed E-state index contributed by atoms with van der Waals surface area (Å²) in [5.41, 5.74) is 1.29. The van der Waals surface area contributed by atoms with Gasteiger partial charge in [-0.25, -0.2) is 4.39 Å². The maximum absolute atomic E-state index is 12.8. The Hall–Kier alpha value is -0.890. The Kier molecular flexibility index (Phi) is 4.76. The third-order valence-corrected chi connectivity index (χ3v) is 4.33. The molecule has 1 fully saturated rings. The Bertz CT molecular complexity index is 350. The monoisotopic (exact) mass is 249 g/mol. The van der Waals surface area contributed by atoms with E-state index in [1.807, 2.05) is 12.1 Å². The van der Waals surface area contributed by atoms with Crippen LogP contribution in [0.4, 0.5) is 4.39 Å². The lowest BCUT2D eigenvalue weighted by atomic mass is 9.75. The van der Waals surface area contributed by atoms with Crippen LogP contribution in [0.1, 0.15) is 51.0 Å². The zero-order valence-electron chi connectivity index (χ0n) is 11.5. The van der Waals surface area contributed by atoms with Gasteiger partial charge in [0.05, 0.1) is 0 Å². The number of hydrogen-bond donors (Lipinski definition) is 1. The Morgan fingerprint density at radius 3 is 2.33 bits per heavy atom. The maximum atomic E-state index is 12.8. The predicted octanol–water partition coefficient (Wildman–Crippen LogP) is 4.10. The van der Waals surface area contributed by atoms with Crippen LogP contribution in [0, 0.1) is 11.7 Å². The van der Waals surface area contributed by atoms with Crippen LogP contribution >= 0.6 is 0 Å². The van der Waals surface area contributed by atoms with Crippen molar-refractivity contribution in [1.82, 2.24) is 5.32 Å². The van der Waals surface area contributed by atoms with Gasteiger partial charge in [-0.15, -0.1) is 0 Å². The average Bonchev–Trinajstić information content (AvgIpc) is 2.34. The molecular weight excluding hydrogens is 225 g/mol. The second kappa shape index (κ2) is 6.33. The van der Waals surface area contributed by atoms with Crippen molar-refractivity contribution in [2.45, 2.75) is 51.5 Å². The second-order valence-electron chi connectivity index (χ2n) is 5.51. The molecule has 0 unspecified atom stereocenters. The van der Waals surface area contributed by atoms with Crippen molar-refractivity contribution in [3.05, 3.63) is 35.6 Å². The summed E-state index contributed by atoms with van der Waals surface area (Å²) in [6, 6.07) is 7.66. The summed E-state index contributed by atoms with van der Waals surface area (Å²) in [5, 5.41) is 3.66. The van der Waals surface area contributed by atoms with Crippen LogP contribution in [0.15, 0.2) is 24.3 Å². The third kappa shape index (κ3) is 3.32. The lowest BCUT2D eigenvalue weighted by molar-refractivity contribution is 0.272. The van der Waals surface area contributed by atoms with Crippen molar-refractivity contribution in [2.24, 2.45) is 5.92 Å². The van der Waals surface area contributed by atoms with Gasteiger partial charge >= 0.3 is 0 Å². The molecule has 0 bridgehead atoms. The molecule has 1 aliphatic rings. The number of halogens is 1. The Balaban J connectivity index is 1.72. The van der Waals surface area contributed by atoms with Crippen LogP contribution in [0.2, 0.25) is 0 Å². The SMILES string of the molecule is CCC(CC)CNC1CC(c2ccc(F)cc2)C1. The van der Waals surface area contributed by atoms with Gasteiger partial charge in [-0.1, -0.05) is 38.8 Å². The van der Waals surface area contributed by atoms with E-state index >= 15 is 0 Å². The van der Waals surface area contributed by atoms with Crippen LogP contribution in [-0.4, -0.2) is 12.6 Å². The highest BCUT2D eigenvalue weighted by molar-refractivity contribution is 5.23. The van der Waals surface area contributed by atoms with Gasteiger partial charge in [0.1, 0.15) is 5.82 Å². The van der Waals surface area contributed by atoms with E-state index in [0.29, 0.717) is 12.0 Å². The Morgan fingerprint density at radius 2 is 1.78 bits per heavy atom. The van der Waals surface area contributed by atoms with Crippen molar-refractivity contribution in [2.75, 3.05) is 6.54 Å². The molecular formula is C16H24FN. The number of rotatable bonds is 6. The lowest BCUT2D eigenvalue weighted by Crippen LogP contribution is -2.42. The topological polar surface area (TPSA) is 12.0 Å². The minimum atomic E-state index is -0.138. The maximum Gasteiger partial charge on any atom is 0.123 e. The molecule has 2 heteroatoms. The van der Waals surface area contributed by atoms with Crippen molar-refractivity contribution in [3.8, 4) is 0 Å². The van der Waals surface area contributed by atoms with E-state index in [1.165, 1.54) is 31.2 Å². The van der Waals surface area contributed by atoms with Crippen molar-refractivity contribution < 1.29 is 4.39 Å². The van der Waals surface area contributed by atoms with Crippen molar-refractivity contribution in [1.29, 1.82) is 0 Å². The number of hydrogen-bond acceptors (Lipinski definition) is 1. The van der Waals surface area contributed by atoms with Gasteiger partial charge < -0.3 is 5.32 Å². The molecule has 0 aliphatic heterocycles. The van der Waals surface area contributed by atoms with Crippen molar-refractivity contribution in [3.63, 3.8) is 0 Å². The van der Waals surface area contributed by atoms with E-state index in [0.717, 1.165) is 12.5 Å². The molecule has 1 nitrogen and oxygen atoms in total. The van der Waals surface area contributed by atoms with Gasteiger partial charge in [0.25, 0.3) is 0 Å². The fourth-order valence-corrected chi connectivity index (χ4v) is 2.70. The molecule has 1 aliphatic carbocycles. The zero-order valence-corrected chi connectivity index (χ0v) is 11.5. The van der Waals surface area contributed by atoms with Crippen LogP contribution in [-0.2, 0) is 0 Å². The number of nitrogens with one attached hydrogen (secondary N) is 1. The van der Waals surface area contributed by atoms with Gasteiger partial charge in [-0.2, -0.15) is 0 Å². The molecule has 0 spiro atoms. The largest absolute Gasteiger partial charge is 0.314 e. The fourth-order valence-electron chi connectivity index (χ4n) is 2.70. The summed E-state index contributed by atoms with van der Waals surface area (Å²) in [6.07, 6.45) is 4.92. The summed E-state index contributed by atoms with van der Waals surface area (Å²) in [4.78, 5) is 0. The first kappa shape index (κ1) is 13.5. The fraction of sp³-hybridized carbons (Fsp3) is 0.625. The van der Waals surface area contributed by atoms with Crippen LogP contribution < -0.4 is 5.32 Å². The van der Waals surface area contributed by atoms with Gasteiger partial charge in [-0.05, 0) is 48.9 Å². The van der Waals surface area contributed by atoms with E-state index in [9.17, 15) is 4.39 Å². The molecule has 0 saturated heterocycles. The second-order valence-corrected chi connectivity index (χ2v) is 5.51. The van der Waals surface area contributed by atoms with E-state index in [2.05, 4.69) is 19.2 Å². The Labute approximate surface area is 110 Å². The smallest absolute Gasteiger partial charge is 0.123 e. The van der Waals surface area contributed by atoms with E-state index < -0.39 is 0 Å². The summed E-state index contributed by atoms with van der Waals surface area (Å²) in [6.45, 7) is 5.67. The van der Waals surface area contributed by atoms with Crippen LogP contribution in [0.5, 0.6) is 0 Å². The molecule has 0 heterocycles. The third-order valence-electron chi connectivity index (χ3n) is 4.33. The summed E-state index contributed by atoms with van der Waals surface area (Å²) >= 11 is 0. The van der Waals surface area contributed by atoms with Crippen molar-refractivity contribution >= 4 is 0 Å². The minimum absolute atomic E-state index is 0.138. The van der Waals surface area contributed by atoms with Gasteiger partial charge in [-0.3, -0.25) is 0 Å². The lowest BCUT2D eigenvalue weighted by Gasteiger charge is -2.37. The van der Waals surface area contributed by atoms with Crippen LogP contribution in [0.25, 0.3) is 0 Å². The summed E-state index contributed by atoms with van der Waals surface area (Å²) in [7, 11) is 0. The molecule has 0 aromatic heterocycles. The molecule has 1 N–H and O–H groups in total. The van der Waals surface area contributed by atoms with Gasteiger partial charge in [0.2, 0.25) is 0 Å².